The third-order valence-electron chi connectivity index (χ3n) is 9.62. The van der Waals surface area contributed by atoms with E-state index in [1.807, 2.05) is 0 Å². The van der Waals surface area contributed by atoms with Crippen LogP contribution >= 0.6 is 23.2 Å². The molecule has 1 heterocycles. The van der Waals surface area contributed by atoms with Crippen molar-refractivity contribution in [1.29, 1.82) is 0 Å². The molecule has 0 aliphatic rings. The van der Waals surface area contributed by atoms with Crippen molar-refractivity contribution in [3.8, 4) is 0 Å². The molecule has 3 aromatic carbocycles. The first-order valence-corrected chi connectivity index (χ1v) is 23.1. The summed E-state index contributed by atoms with van der Waals surface area (Å²) in [5.41, 5.74) is -0.107. The average Bonchev–Trinajstić information content (AvgIpc) is 3.19. The Bertz CT molecular complexity index is 2150. The fourth-order valence-corrected chi connectivity index (χ4v) is 9.40. The van der Waals surface area contributed by atoms with Crippen LogP contribution in [0.25, 0.3) is 10.9 Å². The monoisotopic (exact) mass is 860 g/mol. The number of unbranched alkanes of at least 4 members (excludes halogenated alkanes) is 11. The van der Waals surface area contributed by atoms with Gasteiger partial charge in [0.25, 0.3) is 5.56 Å². The van der Waals surface area contributed by atoms with Gasteiger partial charge in [-0.3, -0.25) is 23.2 Å². The highest BCUT2D eigenvalue weighted by Crippen LogP contribution is 2.35. The molecule has 0 aliphatic heterocycles. The van der Waals surface area contributed by atoms with Crippen molar-refractivity contribution in [3.05, 3.63) is 93.0 Å². The van der Waals surface area contributed by atoms with E-state index in [0.717, 1.165) is 29.6 Å². The number of aromatic nitrogens is 2. The second kappa shape index (κ2) is 23.1. The fraction of sp³-hybridized carbons (Fsp3) is 0.476. The minimum absolute atomic E-state index is 0.0193. The molecule has 0 fully saturated rings. The molecule has 0 saturated heterocycles. The Morgan fingerprint density at radius 2 is 1.46 bits per heavy atom. The zero-order chi connectivity index (χ0) is 41.4. The summed E-state index contributed by atoms with van der Waals surface area (Å²) >= 11 is 12.9. The Morgan fingerprint density at radius 3 is 2.12 bits per heavy atom. The summed E-state index contributed by atoms with van der Waals surface area (Å²) in [7, 11) is -3.34. The Balaban J connectivity index is 1.48. The summed E-state index contributed by atoms with van der Waals surface area (Å²) in [6, 6.07) is 17.4. The van der Waals surface area contributed by atoms with E-state index in [1.54, 1.807) is 54.6 Å². The van der Waals surface area contributed by atoms with Crippen molar-refractivity contribution in [1.82, 2.24) is 13.9 Å². The molecule has 11 nitrogen and oxygen atoms in total. The number of rotatable bonds is 24. The number of benzene rings is 3. The number of para-hydroxylation sites is 1. The highest BCUT2D eigenvalue weighted by molar-refractivity contribution is 7.89. The fourth-order valence-electron chi connectivity index (χ4n) is 6.38. The van der Waals surface area contributed by atoms with Gasteiger partial charge >= 0.3 is 5.97 Å². The van der Waals surface area contributed by atoms with E-state index in [2.05, 4.69) is 12.2 Å². The van der Waals surface area contributed by atoms with Crippen LogP contribution in [0.15, 0.2) is 81.3 Å². The quantitative estimate of drug-likeness (QED) is 0.0542. The second-order valence-electron chi connectivity index (χ2n) is 14.2. The number of carbonyl (C=O) groups is 2. The molecule has 310 valence electrons. The highest BCUT2D eigenvalue weighted by atomic mass is 35.5. The van der Waals surface area contributed by atoms with Crippen molar-refractivity contribution < 1.29 is 27.0 Å². The Kier molecular flexibility index (Phi) is 18.7. The van der Waals surface area contributed by atoms with Gasteiger partial charge in [-0.2, -0.15) is 0 Å². The Morgan fingerprint density at radius 1 is 0.842 bits per heavy atom. The number of sulfonamides is 1. The number of anilines is 1. The van der Waals surface area contributed by atoms with Crippen LogP contribution in [0.2, 0.25) is 10.0 Å². The molecule has 2 unspecified atom stereocenters. The predicted molar refractivity (Wildman–Crippen MR) is 229 cm³/mol. The SMILES string of the molecule is CCCCCCCCCCCCOC(=O)CCCCCn1c(C(C(=O)Nc2cc(Cl)c(S(=O)(=O)N(C)C)cc2Cl)S(=O)c2ccccc2)nc2ccccc2c1=O. The molecular weight excluding hydrogens is 808 g/mol. The third kappa shape index (κ3) is 13.2. The number of hydrogen-bond donors (Lipinski definition) is 1. The van der Waals surface area contributed by atoms with Gasteiger partial charge in [0.05, 0.1) is 44.0 Å². The lowest BCUT2D eigenvalue weighted by Crippen LogP contribution is -2.34. The van der Waals surface area contributed by atoms with E-state index < -0.39 is 37.5 Å². The number of halogens is 2. The number of ether oxygens (including phenoxy) is 1. The molecule has 0 spiro atoms. The summed E-state index contributed by atoms with van der Waals surface area (Å²) in [4.78, 5) is 45.6. The van der Waals surface area contributed by atoms with Crippen LogP contribution in [0.5, 0.6) is 0 Å². The topological polar surface area (TPSA) is 145 Å². The molecule has 1 N–H and O–H groups in total. The van der Waals surface area contributed by atoms with Crippen LogP contribution in [-0.2, 0) is 41.7 Å². The largest absolute Gasteiger partial charge is 0.466 e. The van der Waals surface area contributed by atoms with Crippen LogP contribution in [0.1, 0.15) is 108 Å². The van der Waals surface area contributed by atoms with Crippen molar-refractivity contribution in [2.24, 2.45) is 0 Å². The predicted octanol–water partition coefficient (Wildman–Crippen LogP) is 9.47. The number of amides is 1. The molecule has 1 aromatic heterocycles. The summed E-state index contributed by atoms with van der Waals surface area (Å²) < 4.78 is 47.8. The summed E-state index contributed by atoms with van der Waals surface area (Å²) in [6.45, 7) is 2.77. The number of nitrogens with one attached hydrogen (secondary N) is 1. The van der Waals surface area contributed by atoms with Gasteiger partial charge in [0.2, 0.25) is 15.9 Å². The van der Waals surface area contributed by atoms with E-state index in [1.165, 1.54) is 69.7 Å². The van der Waals surface area contributed by atoms with E-state index >= 15 is 0 Å². The van der Waals surface area contributed by atoms with Gasteiger partial charge in [0, 0.05) is 32.0 Å². The molecule has 2 atom stereocenters. The molecule has 1 amide bonds. The molecule has 0 saturated carbocycles. The van der Waals surface area contributed by atoms with Gasteiger partial charge in [0.1, 0.15) is 10.7 Å². The maximum atomic E-state index is 14.4. The van der Waals surface area contributed by atoms with Gasteiger partial charge in [-0.05, 0) is 55.7 Å². The first-order chi connectivity index (χ1) is 27.4. The minimum Gasteiger partial charge on any atom is -0.466 e. The first kappa shape index (κ1) is 46.1. The lowest BCUT2D eigenvalue weighted by Gasteiger charge is -2.22. The molecular formula is C42H54Cl2N4O7S2. The lowest BCUT2D eigenvalue weighted by molar-refractivity contribution is -0.143. The highest BCUT2D eigenvalue weighted by Gasteiger charge is 2.34. The summed E-state index contributed by atoms with van der Waals surface area (Å²) in [5.74, 6) is -1.08. The van der Waals surface area contributed by atoms with Crippen LogP contribution in [0.3, 0.4) is 0 Å². The molecule has 15 heteroatoms. The summed E-state index contributed by atoms with van der Waals surface area (Å²) in [5, 5.41) is 1.18. The molecule has 57 heavy (non-hydrogen) atoms. The van der Waals surface area contributed by atoms with E-state index in [4.69, 9.17) is 32.9 Å². The molecule has 0 bridgehead atoms. The number of carbonyl (C=O) groups excluding carboxylic acids is 2. The number of hydrogen-bond acceptors (Lipinski definition) is 8. The lowest BCUT2D eigenvalue weighted by atomic mass is 10.1. The Hall–Kier alpha value is -3.62. The van der Waals surface area contributed by atoms with Crippen molar-refractivity contribution >= 4 is 72.5 Å². The van der Waals surface area contributed by atoms with Crippen molar-refractivity contribution in [3.63, 3.8) is 0 Å². The zero-order valence-corrected chi connectivity index (χ0v) is 36.2. The number of fused-ring (bicyclic) bond motifs is 1. The maximum Gasteiger partial charge on any atom is 0.305 e. The number of nitrogens with zero attached hydrogens (tertiary/aromatic N) is 3. The van der Waals surface area contributed by atoms with Crippen LogP contribution < -0.4 is 10.9 Å². The van der Waals surface area contributed by atoms with E-state index in [0.29, 0.717) is 41.7 Å². The second-order valence-corrected chi connectivity index (χ2v) is 18.7. The Labute approximate surface area is 349 Å². The van der Waals surface area contributed by atoms with Gasteiger partial charge in [-0.15, -0.1) is 0 Å². The van der Waals surface area contributed by atoms with Gasteiger partial charge in [-0.25, -0.2) is 17.7 Å². The normalized spacial score (nSPS) is 12.8. The molecule has 0 aliphatic carbocycles. The summed E-state index contributed by atoms with van der Waals surface area (Å²) in [6.07, 6.45) is 13.9. The smallest absolute Gasteiger partial charge is 0.305 e. The van der Waals surface area contributed by atoms with Crippen LogP contribution in [-0.4, -0.2) is 59.1 Å². The molecule has 4 rings (SSSR count). The number of esters is 1. The van der Waals surface area contributed by atoms with Crippen molar-refractivity contribution in [2.75, 3.05) is 26.0 Å². The maximum absolute atomic E-state index is 14.4. The zero-order valence-electron chi connectivity index (χ0n) is 33.0. The van der Waals surface area contributed by atoms with Crippen LogP contribution in [0.4, 0.5) is 5.69 Å². The first-order valence-electron chi connectivity index (χ1n) is 19.7. The minimum atomic E-state index is -3.96. The third-order valence-corrected chi connectivity index (χ3v) is 13.8. The van der Waals surface area contributed by atoms with Gasteiger partial charge in [0.15, 0.2) is 5.25 Å². The molecule has 4 aromatic rings. The molecule has 0 radical (unpaired) electrons. The van der Waals surface area contributed by atoms with Gasteiger partial charge < -0.3 is 10.1 Å². The van der Waals surface area contributed by atoms with Crippen molar-refractivity contribution in [2.45, 2.75) is 118 Å². The van der Waals surface area contributed by atoms with E-state index in [-0.39, 0.29) is 45.4 Å². The average molecular weight is 862 g/mol. The van der Waals surface area contributed by atoms with Gasteiger partial charge in [-0.1, -0.05) is 125 Å². The standard InChI is InChI=1S/C42H54Cl2N4O7S2/c1-4-5-6-7-8-9-10-11-12-21-28-55-38(49)26-17-14-20-27-48-40(45-35-25-19-18-24-32(35)42(48)51)39(56(52)31-22-15-13-16-23-31)41(50)46-36-29-34(44)37(30-33(36)43)57(53,54)47(2)3/h13,15-16,18-19,22-25,29-30,39H,4-12,14,17,20-21,26-28H2,1-3H3,(H,46,50). The van der Waals surface area contributed by atoms with E-state index in [9.17, 15) is 27.0 Å². The van der Waals surface area contributed by atoms with Crippen LogP contribution in [0, 0.1) is 0 Å².